The highest BCUT2D eigenvalue weighted by Crippen LogP contribution is 2.19. The zero-order valence-electron chi connectivity index (χ0n) is 8.06. The Kier molecular flexibility index (Phi) is 3.76. The fourth-order valence-electron chi connectivity index (χ4n) is 0.790. The molecule has 0 heterocycles. The van der Waals surface area contributed by atoms with E-state index in [0.717, 1.165) is 5.69 Å². The van der Waals surface area contributed by atoms with Gasteiger partial charge in [-0.1, -0.05) is 5.22 Å². The zero-order chi connectivity index (χ0) is 9.68. The predicted molar refractivity (Wildman–Crippen MR) is 56.4 cm³/mol. The molecule has 1 aromatic rings. The summed E-state index contributed by atoms with van der Waals surface area (Å²) in [4.78, 5) is 1.24. The second-order valence-electron chi connectivity index (χ2n) is 2.73. The van der Waals surface area contributed by atoms with Crippen LogP contribution in [0.1, 0.15) is 0 Å². The van der Waals surface area contributed by atoms with E-state index in [9.17, 15) is 0 Å². The van der Waals surface area contributed by atoms with Crippen LogP contribution in [0.3, 0.4) is 0 Å². The van der Waals surface area contributed by atoms with Crippen LogP contribution in [0.5, 0.6) is 0 Å². The number of benzene rings is 1. The van der Waals surface area contributed by atoms with E-state index in [2.05, 4.69) is 16.6 Å². The van der Waals surface area contributed by atoms with Gasteiger partial charge in [-0.15, -0.1) is 16.9 Å². The highest BCUT2D eigenvalue weighted by molar-refractivity contribution is 7.98. The van der Waals surface area contributed by atoms with Crippen molar-refractivity contribution in [1.29, 1.82) is 0 Å². The van der Waals surface area contributed by atoms with Gasteiger partial charge < -0.3 is 0 Å². The van der Waals surface area contributed by atoms with Crippen LogP contribution in [0.15, 0.2) is 39.5 Å². The molecular weight excluding hydrogens is 182 g/mol. The normalized spacial score (nSPS) is 10.7. The number of rotatable bonds is 3. The summed E-state index contributed by atoms with van der Waals surface area (Å²) >= 11 is 1.72. The lowest BCUT2D eigenvalue weighted by molar-refractivity contribution is 0.408. The molecule has 0 N–H and O–H groups in total. The molecule has 13 heavy (non-hydrogen) atoms. The van der Waals surface area contributed by atoms with E-state index in [4.69, 9.17) is 0 Å². The minimum Gasteiger partial charge on any atom is -0.285 e. The molecule has 0 aromatic heterocycles. The van der Waals surface area contributed by atoms with E-state index in [1.165, 1.54) is 4.90 Å². The second-order valence-corrected chi connectivity index (χ2v) is 3.61. The van der Waals surface area contributed by atoms with Gasteiger partial charge in [0.2, 0.25) is 0 Å². The zero-order valence-corrected chi connectivity index (χ0v) is 8.88. The van der Waals surface area contributed by atoms with Crippen molar-refractivity contribution in [2.75, 3.05) is 20.4 Å². The van der Waals surface area contributed by atoms with E-state index < -0.39 is 0 Å². The van der Waals surface area contributed by atoms with Gasteiger partial charge in [0.1, 0.15) is 0 Å². The van der Waals surface area contributed by atoms with Crippen molar-refractivity contribution in [3.05, 3.63) is 24.3 Å². The van der Waals surface area contributed by atoms with Crippen molar-refractivity contribution >= 4 is 17.4 Å². The number of hydrogen-bond acceptors (Lipinski definition) is 3. The Morgan fingerprint density at radius 2 is 1.77 bits per heavy atom. The highest BCUT2D eigenvalue weighted by atomic mass is 32.2. The smallest absolute Gasteiger partial charge is 0.0875 e. The first-order valence-corrected chi connectivity index (χ1v) is 5.18. The van der Waals surface area contributed by atoms with Crippen molar-refractivity contribution in [3.8, 4) is 0 Å². The van der Waals surface area contributed by atoms with E-state index >= 15 is 0 Å². The summed E-state index contributed by atoms with van der Waals surface area (Å²) in [5.74, 6) is 0. The summed E-state index contributed by atoms with van der Waals surface area (Å²) < 4.78 is 0. The Balaban J connectivity index is 2.69. The molecule has 0 saturated carbocycles. The van der Waals surface area contributed by atoms with Crippen LogP contribution >= 0.6 is 11.8 Å². The maximum atomic E-state index is 4.02. The van der Waals surface area contributed by atoms with E-state index in [0.29, 0.717) is 0 Å². The molecule has 0 aliphatic heterocycles. The Morgan fingerprint density at radius 3 is 2.23 bits per heavy atom. The average Bonchev–Trinajstić information content (AvgIpc) is 2.15. The fraction of sp³-hybridized carbons (Fsp3) is 0.333. The quantitative estimate of drug-likeness (QED) is 0.421. The van der Waals surface area contributed by atoms with Gasteiger partial charge in [-0.25, -0.2) is 0 Å². The van der Waals surface area contributed by atoms with Crippen molar-refractivity contribution < 1.29 is 0 Å². The Hall–Kier alpha value is -1.03. The summed E-state index contributed by atoms with van der Waals surface area (Å²) in [7, 11) is 3.69. The summed E-state index contributed by atoms with van der Waals surface area (Å²) in [6.45, 7) is 0. The molecule has 4 heteroatoms. The third-order valence-electron chi connectivity index (χ3n) is 1.41. The molecule has 0 amide bonds. The first-order valence-electron chi connectivity index (χ1n) is 3.95. The number of nitrogens with zero attached hydrogens (tertiary/aromatic N) is 3. The Morgan fingerprint density at radius 1 is 1.15 bits per heavy atom. The van der Waals surface area contributed by atoms with Gasteiger partial charge in [0.25, 0.3) is 0 Å². The lowest BCUT2D eigenvalue weighted by Crippen LogP contribution is -1.98. The molecule has 0 aliphatic rings. The summed E-state index contributed by atoms with van der Waals surface area (Å²) in [6, 6.07) is 7.99. The lowest BCUT2D eigenvalue weighted by Gasteiger charge is -2.00. The van der Waals surface area contributed by atoms with Crippen LogP contribution in [-0.4, -0.2) is 25.4 Å². The number of thioether (sulfide) groups is 1. The molecule has 0 unspecified atom stereocenters. The van der Waals surface area contributed by atoms with Crippen molar-refractivity contribution in [2.45, 2.75) is 4.90 Å². The van der Waals surface area contributed by atoms with Crippen LogP contribution in [0, 0.1) is 0 Å². The summed E-state index contributed by atoms with van der Waals surface area (Å²) in [5.41, 5.74) is 0.881. The van der Waals surface area contributed by atoms with Crippen LogP contribution < -0.4 is 0 Å². The minimum atomic E-state index is 0.881. The van der Waals surface area contributed by atoms with Crippen molar-refractivity contribution in [3.63, 3.8) is 0 Å². The molecule has 0 aliphatic carbocycles. The highest BCUT2D eigenvalue weighted by Gasteiger charge is 1.90. The molecule has 0 bridgehead atoms. The third-order valence-corrected chi connectivity index (χ3v) is 2.16. The topological polar surface area (TPSA) is 28.0 Å². The van der Waals surface area contributed by atoms with Gasteiger partial charge in [-0.2, -0.15) is 0 Å². The second kappa shape index (κ2) is 4.87. The molecule has 0 fully saturated rings. The molecule has 70 valence electrons. The van der Waals surface area contributed by atoms with Gasteiger partial charge >= 0.3 is 0 Å². The minimum absolute atomic E-state index is 0.881. The SMILES string of the molecule is CSc1ccc(N=NN(C)C)cc1. The molecule has 0 radical (unpaired) electrons. The first kappa shape index (κ1) is 10.1. The maximum Gasteiger partial charge on any atom is 0.0875 e. The van der Waals surface area contributed by atoms with E-state index in [1.54, 1.807) is 16.8 Å². The van der Waals surface area contributed by atoms with E-state index in [-0.39, 0.29) is 0 Å². The van der Waals surface area contributed by atoms with Crippen LogP contribution in [-0.2, 0) is 0 Å². The standard InChI is InChI=1S/C9H13N3S/c1-12(2)11-10-8-4-6-9(13-3)7-5-8/h4-7H,1-3H3. The average molecular weight is 195 g/mol. The Bertz CT molecular complexity index is 279. The molecule has 0 saturated heterocycles. The molecule has 1 aromatic carbocycles. The lowest BCUT2D eigenvalue weighted by atomic mass is 10.3. The van der Waals surface area contributed by atoms with Gasteiger partial charge in [0.05, 0.1) is 5.69 Å². The maximum absolute atomic E-state index is 4.02. The molecule has 0 spiro atoms. The Labute approximate surface area is 82.8 Å². The molecule has 1 rings (SSSR count). The van der Waals surface area contributed by atoms with Crippen LogP contribution in [0.2, 0.25) is 0 Å². The summed E-state index contributed by atoms with van der Waals surface area (Å²) in [6.07, 6.45) is 2.05. The van der Waals surface area contributed by atoms with Gasteiger partial charge in [-0.05, 0) is 30.5 Å². The van der Waals surface area contributed by atoms with Crippen LogP contribution in [0.4, 0.5) is 5.69 Å². The van der Waals surface area contributed by atoms with Crippen molar-refractivity contribution in [1.82, 2.24) is 5.01 Å². The number of hydrogen-bond donors (Lipinski definition) is 0. The monoisotopic (exact) mass is 195 g/mol. The van der Waals surface area contributed by atoms with Gasteiger partial charge in [-0.3, -0.25) is 5.01 Å². The van der Waals surface area contributed by atoms with E-state index in [1.807, 2.05) is 38.4 Å². The van der Waals surface area contributed by atoms with Gasteiger partial charge in [0, 0.05) is 19.0 Å². The van der Waals surface area contributed by atoms with Gasteiger partial charge in [0.15, 0.2) is 0 Å². The fourth-order valence-corrected chi connectivity index (χ4v) is 1.20. The molecule has 0 atom stereocenters. The van der Waals surface area contributed by atoms with Crippen LogP contribution in [0.25, 0.3) is 0 Å². The first-order chi connectivity index (χ1) is 6.22. The summed E-state index contributed by atoms with van der Waals surface area (Å²) in [5, 5.41) is 9.59. The van der Waals surface area contributed by atoms with Crippen molar-refractivity contribution in [2.24, 2.45) is 10.3 Å². The largest absolute Gasteiger partial charge is 0.285 e. The predicted octanol–water partition coefficient (Wildman–Crippen LogP) is 2.97. The third kappa shape index (κ3) is 3.46. The molecule has 3 nitrogen and oxygen atoms in total. The molecular formula is C9H13N3S.